The van der Waals surface area contributed by atoms with Crippen LogP contribution in [0.2, 0.25) is 0 Å². The van der Waals surface area contributed by atoms with Crippen LogP contribution in [0.25, 0.3) is 17.4 Å². The van der Waals surface area contributed by atoms with E-state index in [0.29, 0.717) is 17.0 Å². The minimum Gasteiger partial charge on any atom is -0.289 e. The Kier molecular flexibility index (Phi) is 3.08. The maximum absolute atomic E-state index is 11.9. The van der Waals surface area contributed by atoms with Crippen LogP contribution in [0.3, 0.4) is 0 Å². The lowest BCUT2D eigenvalue weighted by Gasteiger charge is -2.13. The lowest BCUT2D eigenvalue weighted by molar-refractivity contribution is 0.469. The molecule has 2 aromatic rings. The predicted octanol–water partition coefficient (Wildman–Crippen LogP) is 2.12. The van der Waals surface area contributed by atoms with Crippen molar-refractivity contribution < 1.29 is 0 Å². The molecule has 0 aliphatic rings. The van der Waals surface area contributed by atoms with Gasteiger partial charge in [0.1, 0.15) is 0 Å². The molecule has 5 heteroatoms. The highest BCUT2D eigenvalue weighted by Gasteiger charge is 2.15. The summed E-state index contributed by atoms with van der Waals surface area (Å²) in [5, 5.41) is 0. The highest BCUT2D eigenvalue weighted by molar-refractivity contribution is 5.67. The number of imidazole rings is 1. The molecule has 0 amide bonds. The summed E-state index contributed by atoms with van der Waals surface area (Å²) >= 11 is 0. The Labute approximate surface area is 99.2 Å². The van der Waals surface area contributed by atoms with Gasteiger partial charge in [0.05, 0.1) is 11.9 Å². The molecule has 17 heavy (non-hydrogen) atoms. The zero-order valence-electron chi connectivity index (χ0n) is 10.1. The molecule has 1 N–H and O–H groups in total. The molecule has 0 saturated heterocycles. The molecule has 2 heterocycles. The molecular formula is C12H16N4O. The number of aromatic amines is 1. The smallest absolute Gasteiger partial charge is 0.289 e. The number of fused-ring (bicyclic) bond motifs is 1. The van der Waals surface area contributed by atoms with E-state index >= 15 is 0 Å². The van der Waals surface area contributed by atoms with Crippen LogP contribution in [0.5, 0.6) is 0 Å². The average Bonchev–Trinajstić information content (AvgIpc) is 2.67. The monoisotopic (exact) mass is 232 g/mol. The Hall–Kier alpha value is -1.91. The summed E-state index contributed by atoms with van der Waals surface area (Å²) in [6.45, 7) is 7.78. The molecule has 0 aromatic carbocycles. The van der Waals surface area contributed by atoms with E-state index in [9.17, 15) is 4.79 Å². The normalized spacial score (nSPS) is 11.2. The third kappa shape index (κ3) is 1.88. The Morgan fingerprint density at radius 1 is 1.53 bits per heavy atom. The fourth-order valence-electron chi connectivity index (χ4n) is 2.00. The van der Waals surface area contributed by atoms with Crippen molar-refractivity contribution in [3.8, 4) is 0 Å². The van der Waals surface area contributed by atoms with Crippen LogP contribution >= 0.6 is 0 Å². The molecule has 0 aliphatic heterocycles. The van der Waals surface area contributed by atoms with Crippen LogP contribution < -0.4 is 5.69 Å². The van der Waals surface area contributed by atoms with Crippen molar-refractivity contribution in [1.82, 2.24) is 19.5 Å². The average molecular weight is 232 g/mol. The van der Waals surface area contributed by atoms with Crippen molar-refractivity contribution >= 4 is 17.4 Å². The second-order valence-corrected chi connectivity index (χ2v) is 3.94. The summed E-state index contributed by atoms with van der Waals surface area (Å²) in [5.74, 6) is 0. The van der Waals surface area contributed by atoms with Gasteiger partial charge in [0.25, 0.3) is 0 Å². The van der Waals surface area contributed by atoms with Gasteiger partial charge in [-0.05, 0) is 18.9 Å². The maximum atomic E-state index is 11.9. The van der Waals surface area contributed by atoms with Crippen LogP contribution in [0, 0.1) is 0 Å². The van der Waals surface area contributed by atoms with Crippen LogP contribution in [0.15, 0.2) is 17.6 Å². The second-order valence-electron chi connectivity index (χ2n) is 3.94. The third-order valence-corrected chi connectivity index (χ3v) is 2.96. The third-order valence-electron chi connectivity index (χ3n) is 2.96. The van der Waals surface area contributed by atoms with Crippen LogP contribution in [0.4, 0.5) is 0 Å². The van der Waals surface area contributed by atoms with Crippen molar-refractivity contribution in [2.45, 2.75) is 32.7 Å². The van der Waals surface area contributed by atoms with E-state index in [1.54, 1.807) is 16.8 Å². The van der Waals surface area contributed by atoms with E-state index in [-0.39, 0.29) is 11.7 Å². The van der Waals surface area contributed by atoms with Gasteiger partial charge in [0.15, 0.2) is 11.3 Å². The maximum Gasteiger partial charge on any atom is 0.329 e. The van der Waals surface area contributed by atoms with Crippen molar-refractivity contribution in [2.75, 3.05) is 0 Å². The molecule has 0 radical (unpaired) electrons. The highest BCUT2D eigenvalue weighted by Crippen LogP contribution is 2.17. The van der Waals surface area contributed by atoms with E-state index < -0.39 is 0 Å². The van der Waals surface area contributed by atoms with E-state index in [1.807, 2.05) is 0 Å². The van der Waals surface area contributed by atoms with Gasteiger partial charge in [0, 0.05) is 6.04 Å². The molecule has 2 aromatic heterocycles. The predicted molar refractivity (Wildman–Crippen MR) is 67.9 cm³/mol. The topological polar surface area (TPSA) is 63.6 Å². The first kappa shape index (κ1) is 11.6. The van der Waals surface area contributed by atoms with Gasteiger partial charge in [-0.2, -0.15) is 0 Å². The van der Waals surface area contributed by atoms with E-state index in [0.717, 1.165) is 12.8 Å². The Bertz CT molecular complexity index is 592. The first-order valence-electron chi connectivity index (χ1n) is 5.80. The summed E-state index contributed by atoms with van der Waals surface area (Å²) < 4.78 is 1.69. The zero-order valence-corrected chi connectivity index (χ0v) is 10.1. The number of H-pyrrole nitrogens is 1. The van der Waals surface area contributed by atoms with Crippen LogP contribution in [0.1, 0.15) is 38.4 Å². The molecule has 0 aliphatic carbocycles. The molecule has 2 rings (SSSR count). The number of hydrogen-bond donors (Lipinski definition) is 1. The number of rotatable bonds is 4. The summed E-state index contributed by atoms with van der Waals surface area (Å²) in [4.78, 5) is 23.2. The first-order valence-corrected chi connectivity index (χ1v) is 5.80. The molecule has 90 valence electrons. The van der Waals surface area contributed by atoms with Crippen molar-refractivity contribution in [3.63, 3.8) is 0 Å². The lowest BCUT2D eigenvalue weighted by Crippen LogP contribution is -2.21. The molecule has 0 saturated carbocycles. The first-order chi connectivity index (χ1) is 8.21. The quantitative estimate of drug-likeness (QED) is 0.878. The minimum atomic E-state index is -0.144. The Balaban J connectivity index is 2.71. The number of nitrogens with one attached hydrogen (secondary N) is 1. The highest BCUT2D eigenvalue weighted by atomic mass is 16.1. The number of aromatic nitrogens is 4. The molecule has 5 nitrogen and oxygen atoms in total. The molecule has 0 unspecified atom stereocenters. The summed E-state index contributed by atoms with van der Waals surface area (Å²) in [7, 11) is 0. The Morgan fingerprint density at radius 3 is 2.82 bits per heavy atom. The molecule has 0 spiro atoms. The fourth-order valence-corrected chi connectivity index (χ4v) is 2.00. The standard InChI is InChI=1S/C12H16N4O/c1-4-8-7-13-10-11(14-8)16(12(17)15-10)9(5-2)6-3/h4,7,9H,1,5-6H2,2-3H3,(H,13,15,17). The van der Waals surface area contributed by atoms with Gasteiger partial charge in [-0.1, -0.05) is 20.4 Å². The number of hydrogen-bond acceptors (Lipinski definition) is 3. The van der Waals surface area contributed by atoms with E-state index in [1.165, 1.54) is 0 Å². The molecule has 0 atom stereocenters. The number of nitrogens with zero attached hydrogens (tertiary/aromatic N) is 3. The lowest BCUT2D eigenvalue weighted by atomic mass is 10.2. The van der Waals surface area contributed by atoms with Gasteiger partial charge in [0.2, 0.25) is 0 Å². The van der Waals surface area contributed by atoms with Crippen molar-refractivity contribution in [1.29, 1.82) is 0 Å². The molecule has 0 fully saturated rings. The van der Waals surface area contributed by atoms with E-state index in [4.69, 9.17) is 0 Å². The Morgan fingerprint density at radius 2 is 2.24 bits per heavy atom. The molecular weight excluding hydrogens is 216 g/mol. The van der Waals surface area contributed by atoms with Crippen molar-refractivity contribution in [2.24, 2.45) is 0 Å². The van der Waals surface area contributed by atoms with E-state index in [2.05, 4.69) is 35.4 Å². The van der Waals surface area contributed by atoms with Crippen molar-refractivity contribution in [3.05, 3.63) is 29.0 Å². The van der Waals surface area contributed by atoms with Gasteiger partial charge in [-0.3, -0.25) is 9.55 Å². The van der Waals surface area contributed by atoms with Crippen LogP contribution in [-0.2, 0) is 0 Å². The zero-order chi connectivity index (χ0) is 12.4. The van der Waals surface area contributed by atoms with Gasteiger partial charge in [-0.15, -0.1) is 0 Å². The van der Waals surface area contributed by atoms with Crippen LogP contribution in [-0.4, -0.2) is 19.5 Å². The fraction of sp³-hybridized carbons (Fsp3) is 0.417. The minimum absolute atomic E-state index is 0.144. The van der Waals surface area contributed by atoms with Gasteiger partial charge >= 0.3 is 5.69 Å². The summed E-state index contributed by atoms with van der Waals surface area (Å²) in [6.07, 6.45) is 5.01. The van der Waals surface area contributed by atoms with Gasteiger partial charge in [-0.25, -0.2) is 14.8 Å². The summed E-state index contributed by atoms with van der Waals surface area (Å²) in [6, 6.07) is 0.158. The van der Waals surface area contributed by atoms with Gasteiger partial charge < -0.3 is 0 Å². The molecule has 0 bridgehead atoms. The largest absolute Gasteiger partial charge is 0.329 e. The summed E-state index contributed by atoms with van der Waals surface area (Å²) in [5.41, 5.74) is 1.68. The SMILES string of the molecule is C=Cc1cnc2[nH]c(=O)n(C(CC)CC)c2n1. The second kappa shape index (κ2) is 4.53.